The van der Waals surface area contributed by atoms with Crippen molar-refractivity contribution >= 4 is 25.8 Å². The molecule has 1 amide bonds. The molecule has 20 heavy (non-hydrogen) atoms. The summed E-state index contributed by atoms with van der Waals surface area (Å²) in [5.41, 5.74) is 0. The first-order chi connectivity index (χ1) is 8.94. The molecule has 118 valence electrons. The zero-order valence-corrected chi connectivity index (χ0v) is 13.9. The molecule has 1 aliphatic carbocycles. The van der Waals surface area contributed by atoms with E-state index < -0.39 is 31.0 Å². The number of nitrogens with zero attached hydrogens (tertiary/aromatic N) is 2. The fourth-order valence-corrected chi connectivity index (χ4v) is 4.28. The van der Waals surface area contributed by atoms with Crippen LogP contribution >= 0.6 is 0 Å². The standard InChI is InChI=1S/C11H22N2O5S2/c1-12(20(4,17)18)8-11(14)13(2)9-6-5-7-10(9)19(3,15)16/h9-10H,5-8H2,1-4H3. The van der Waals surface area contributed by atoms with Crippen molar-refractivity contribution in [2.45, 2.75) is 30.6 Å². The topological polar surface area (TPSA) is 91.8 Å². The van der Waals surface area contributed by atoms with Crippen molar-refractivity contribution in [3.8, 4) is 0 Å². The molecule has 0 heterocycles. The number of hydrogen-bond acceptors (Lipinski definition) is 5. The minimum Gasteiger partial charge on any atom is -0.340 e. The van der Waals surface area contributed by atoms with Crippen molar-refractivity contribution in [2.24, 2.45) is 0 Å². The minimum atomic E-state index is -3.43. The minimum absolute atomic E-state index is 0.275. The normalized spacial score (nSPS) is 24.1. The molecule has 0 radical (unpaired) electrons. The van der Waals surface area contributed by atoms with Crippen molar-refractivity contribution in [1.82, 2.24) is 9.21 Å². The molecule has 0 aromatic carbocycles. The Morgan fingerprint density at radius 1 is 1.10 bits per heavy atom. The average Bonchev–Trinajstić information content (AvgIpc) is 2.74. The van der Waals surface area contributed by atoms with Crippen LogP contribution in [0.1, 0.15) is 19.3 Å². The number of likely N-dealkylation sites (N-methyl/N-ethyl adjacent to an activating group) is 2. The van der Waals surface area contributed by atoms with Crippen LogP contribution < -0.4 is 0 Å². The van der Waals surface area contributed by atoms with E-state index in [1.54, 1.807) is 0 Å². The van der Waals surface area contributed by atoms with Crippen LogP contribution in [-0.2, 0) is 24.7 Å². The molecular weight excluding hydrogens is 304 g/mol. The Morgan fingerprint density at radius 2 is 1.65 bits per heavy atom. The summed E-state index contributed by atoms with van der Waals surface area (Å²) in [6.07, 6.45) is 4.12. The van der Waals surface area contributed by atoms with E-state index in [-0.39, 0.29) is 12.6 Å². The number of carbonyl (C=O) groups excluding carboxylic acids is 1. The lowest BCUT2D eigenvalue weighted by atomic mass is 10.2. The van der Waals surface area contributed by atoms with Gasteiger partial charge in [-0.3, -0.25) is 4.79 Å². The molecule has 0 spiro atoms. The van der Waals surface area contributed by atoms with E-state index in [4.69, 9.17) is 0 Å². The highest BCUT2D eigenvalue weighted by Gasteiger charge is 2.39. The van der Waals surface area contributed by atoms with Gasteiger partial charge in [-0.2, -0.15) is 4.31 Å². The average molecular weight is 326 g/mol. The van der Waals surface area contributed by atoms with E-state index in [2.05, 4.69) is 0 Å². The lowest BCUT2D eigenvalue weighted by Gasteiger charge is -2.30. The summed E-state index contributed by atoms with van der Waals surface area (Å²) in [5, 5.41) is -0.556. The molecule has 0 aromatic rings. The van der Waals surface area contributed by atoms with Gasteiger partial charge in [-0.05, 0) is 19.3 Å². The Morgan fingerprint density at radius 3 is 2.10 bits per heavy atom. The Labute approximate surface area is 120 Å². The van der Waals surface area contributed by atoms with Crippen LogP contribution in [0, 0.1) is 0 Å². The molecule has 0 bridgehead atoms. The molecule has 0 aromatic heterocycles. The van der Waals surface area contributed by atoms with Gasteiger partial charge in [-0.15, -0.1) is 0 Å². The Balaban J connectivity index is 2.79. The van der Waals surface area contributed by atoms with Gasteiger partial charge in [-0.1, -0.05) is 0 Å². The summed E-state index contributed by atoms with van der Waals surface area (Å²) in [4.78, 5) is 13.5. The van der Waals surface area contributed by atoms with Gasteiger partial charge in [0.05, 0.1) is 18.1 Å². The van der Waals surface area contributed by atoms with E-state index in [9.17, 15) is 21.6 Å². The molecule has 0 N–H and O–H groups in total. The maximum Gasteiger partial charge on any atom is 0.237 e. The van der Waals surface area contributed by atoms with Gasteiger partial charge in [0.1, 0.15) is 0 Å². The Bertz CT molecular complexity index is 570. The van der Waals surface area contributed by atoms with Crippen molar-refractivity contribution < 1.29 is 21.6 Å². The smallest absolute Gasteiger partial charge is 0.237 e. The molecule has 2 unspecified atom stereocenters. The van der Waals surface area contributed by atoms with Gasteiger partial charge in [0, 0.05) is 26.4 Å². The van der Waals surface area contributed by atoms with Gasteiger partial charge < -0.3 is 4.90 Å². The predicted octanol–water partition coefficient (Wildman–Crippen LogP) is -0.698. The number of amides is 1. The second-order valence-electron chi connectivity index (χ2n) is 5.39. The second kappa shape index (κ2) is 5.98. The predicted molar refractivity (Wildman–Crippen MR) is 76.5 cm³/mol. The van der Waals surface area contributed by atoms with Crippen LogP contribution in [0.2, 0.25) is 0 Å². The van der Waals surface area contributed by atoms with Crippen LogP contribution in [-0.4, -0.2) is 76.4 Å². The first-order valence-electron chi connectivity index (χ1n) is 6.30. The maximum absolute atomic E-state index is 12.1. The van der Waals surface area contributed by atoms with Crippen molar-refractivity contribution in [3.05, 3.63) is 0 Å². The fourth-order valence-electron chi connectivity index (χ4n) is 2.45. The van der Waals surface area contributed by atoms with Crippen LogP contribution in [0.3, 0.4) is 0 Å². The largest absolute Gasteiger partial charge is 0.340 e. The number of sulfonamides is 1. The Hall–Kier alpha value is -0.670. The first-order valence-corrected chi connectivity index (χ1v) is 10.1. The highest BCUT2D eigenvalue weighted by molar-refractivity contribution is 7.91. The summed E-state index contributed by atoms with van der Waals surface area (Å²) in [7, 11) is -3.78. The van der Waals surface area contributed by atoms with E-state index in [0.29, 0.717) is 12.8 Å². The van der Waals surface area contributed by atoms with Crippen LogP contribution in [0.4, 0.5) is 0 Å². The van der Waals surface area contributed by atoms with E-state index in [0.717, 1.165) is 17.0 Å². The summed E-state index contributed by atoms with van der Waals surface area (Å²) >= 11 is 0. The van der Waals surface area contributed by atoms with Crippen molar-refractivity contribution in [1.29, 1.82) is 0 Å². The van der Waals surface area contributed by atoms with Crippen molar-refractivity contribution in [2.75, 3.05) is 33.2 Å². The monoisotopic (exact) mass is 326 g/mol. The summed E-state index contributed by atoms with van der Waals surface area (Å²) in [5.74, 6) is -0.390. The molecule has 0 saturated heterocycles. The quantitative estimate of drug-likeness (QED) is 0.666. The number of carbonyl (C=O) groups is 1. The highest BCUT2D eigenvalue weighted by atomic mass is 32.2. The van der Waals surface area contributed by atoms with Crippen LogP contribution in [0.15, 0.2) is 0 Å². The maximum atomic E-state index is 12.1. The second-order valence-corrected chi connectivity index (χ2v) is 9.74. The molecule has 9 heteroatoms. The van der Waals surface area contributed by atoms with E-state index in [1.807, 2.05) is 0 Å². The zero-order chi connectivity index (χ0) is 15.7. The summed E-state index contributed by atoms with van der Waals surface area (Å²) in [6, 6.07) is -0.370. The van der Waals surface area contributed by atoms with E-state index >= 15 is 0 Å². The number of sulfone groups is 1. The Kier molecular flexibility index (Phi) is 5.20. The molecule has 1 aliphatic rings. The van der Waals surface area contributed by atoms with Gasteiger partial charge in [0.15, 0.2) is 9.84 Å². The molecule has 0 aliphatic heterocycles. The fraction of sp³-hybridized carbons (Fsp3) is 0.909. The lowest BCUT2D eigenvalue weighted by molar-refractivity contribution is -0.131. The summed E-state index contributed by atoms with van der Waals surface area (Å²) < 4.78 is 47.0. The van der Waals surface area contributed by atoms with Crippen molar-refractivity contribution in [3.63, 3.8) is 0 Å². The lowest BCUT2D eigenvalue weighted by Crippen LogP contribution is -2.48. The van der Waals surface area contributed by atoms with Crippen LogP contribution in [0.5, 0.6) is 0 Å². The third kappa shape index (κ3) is 4.16. The third-order valence-corrected chi connectivity index (χ3v) is 6.69. The van der Waals surface area contributed by atoms with Gasteiger partial charge in [-0.25, -0.2) is 16.8 Å². The zero-order valence-electron chi connectivity index (χ0n) is 12.2. The highest BCUT2D eigenvalue weighted by Crippen LogP contribution is 2.28. The molecular formula is C11H22N2O5S2. The van der Waals surface area contributed by atoms with Gasteiger partial charge in [0.2, 0.25) is 15.9 Å². The third-order valence-electron chi connectivity index (χ3n) is 3.78. The molecule has 1 saturated carbocycles. The molecule has 2 atom stereocenters. The summed E-state index contributed by atoms with van der Waals surface area (Å²) in [6.45, 7) is -0.275. The van der Waals surface area contributed by atoms with Crippen LogP contribution in [0.25, 0.3) is 0 Å². The molecule has 1 fully saturated rings. The SMILES string of the molecule is CN(C(=O)CN(C)S(C)(=O)=O)C1CCCC1S(C)(=O)=O. The number of hydrogen-bond donors (Lipinski definition) is 0. The molecule has 7 nitrogen and oxygen atoms in total. The van der Waals surface area contributed by atoms with E-state index in [1.165, 1.54) is 25.3 Å². The molecule has 1 rings (SSSR count). The van der Waals surface area contributed by atoms with Gasteiger partial charge in [0.25, 0.3) is 0 Å². The number of rotatable bonds is 5. The first kappa shape index (κ1) is 17.4. The van der Waals surface area contributed by atoms with Gasteiger partial charge >= 0.3 is 0 Å².